The van der Waals surface area contributed by atoms with Crippen molar-refractivity contribution in [3.8, 4) is 0 Å². The number of nitrogens with zero attached hydrogens (tertiary/aromatic N) is 1. The maximum atomic E-state index is 12.4. The molecule has 1 atom stereocenters. The molecule has 0 aliphatic heterocycles. The minimum atomic E-state index is -0.176. The summed E-state index contributed by atoms with van der Waals surface area (Å²) < 4.78 is 0. The van der Waals surface area contributed by atoms with Crippen LogP contribution in [0.25, 0.3) is 0 Å². The molecule has 0 aromatic heterocycles. The number of nitrogens with one attached hydrogen (secondary N) is 1. The van der Waals surface area contributed by atoms with Gasteiger partial charge in [0.1, 0.15) is 0 Å². The molecule has 4 nitrogen and oxygen atoms in total. The molecule has 0 heterocycles. The number of amides is 1. The highest BCUT2D eigenvalue weighted by molar-refractivity contribution is 5.93. The molecule has 2 rings (SSSR count). The third-order valence-corrected chi connectivity index (χ3v) is 3.74. The van der Waals surface area contributed by atoms with Gasteiger partial charge in [-0.1, -0.05) is 48.5 Å². The van der Waals surface area contributed by atoms with Crippen LogP contribution in [-0.4, -0.2) is 34.7 Å². The van der Waals surface area contributed by atoms with E-state index in [2.05, 4.69) is 5.43 Å². The Hall–Kier alpha value is -2.17. The topological polar surface area (TPSA) is 52.6 Å². The number of hydrazine groups is 1. The summed E-state index contributed by atoms with van der Waals surface area (Å²) in [6, 6.07) is 19.0. The molecule has 122 valence electrons. The number of aliphatic hydroxyl groups is 1. The number of benzene rings is 2. The second-order valence-electron chi connectivity index (χ2n) is 5.83. The Labute approximate surface area is 137 Å². The lowest BCUT2D eigenvalue weighted by Crippen LogP contribution is -2.54. The lowest BCUT2D eigenvalue weighted by atomic mass is 10.1. The summed E-state index contributed by atoms with van der Waals surface area (Å²) in [5, 5.41) is 11.6. The minimum absolute atomic E-state index is 0.0257. The van der Waals surface area contributed by atoms with E-state index in [0.717, 1.165) is 5.56 Å². The lowest BCUT2D eigenvalue weighted by molar-refractivity contribution is 0.0378. The fourth-order valence-electron chi connectivity index (χ4n) is 2.55. The fourth-order valence-corrected chi connectivity index (χ4v) is 2.55. The molecular weight excluding hydrogens is 288 g/mol. The normalized spacial score (nSPS) is 12.4. The van der Waals surface area contributed by atoms with E-state index >= 15 is 0 Å². The Kier molecular flexibility index (Phi) is 6.32. The second-order valence-corrected chi connectivity index (χ2v) is 5.83. The molecule has 0 aliphatic carbocycles. The molecule has 0 aliphatic rings. The average Bonchev–Trinajstić information content (AvgIpc) is 2.59. The van der Waals surface area contributed by atoms with Crippen molar-refractivity contribution in [2.24, 2.45) is 0 Å². The number of hydrogen-bond acceptors (Lipinski definition) is 3. The van der Waals surface area contributed by atoms with Crippen LogP contribution in [0.4, 0.5) is 0 Å². The highest BCUT2D eigenvalue weighted by Crippen LogP contribution is 2.11. The van der Waals surface area contributed by atoms with Gasteiger partial charge in [-0.25, -0.2) is 5.01 Å². The van der Waals surface area contributed by atoms with Crippen molar-refractivity contribution >= 4 is 5.91 Å². The second kappa shape index (κ2) is 8.46. The molecule has 2 aromatic carbocycles. The van der Waals surface area contributed by atoms with E-state index in [9.17, 15) is 9.90 Å². The van der Waals surface area contributed by atoms with Crippen molar-refractivity contribution in [1.82, 2.24) is 10.4 Å². The van der Waals surface area contributed by atoms with Crippen LogP contribution in [-0.2, 0) is 6.42 Å². The van der Waals surface area contributed by atoms with E-state index in [1.807, 2.05) is 67.4 Å². The molecule has 2 aromatic rings. The van der Waals surface area contributed by atoms with Crippen LogP contribution in [0.3, 0.4) is 0 Å². The molecular formula is C19H24N2O2. The van der Waals surface area contributed by atoms with Gasteiger partial charge < -0.3 is 5.11 Å². The van der Waals surface area contributed by atoms with Crippen LogP contribution in [0.5, 0.6) is 0 Å². The van der Waals surface area contributed by atoms with Crippen molar-refractivity contribution in [1.29, 1.82) is 0 Å². The van der Waals surface area contributed by atoms with Crippen LogP contribution in [0.1, 0.15) is 29.8 Å². The van der Waals surface area contributed by atoms with Gasteiger partial charge in [-0.05, 0) is 38.0 Å². The molecule has 0 radical (unpaired) electrons. The molecule has 0 saturated heterocycles. The molecule has 4 heteroatoms. The Balaban J connectivity index is 2.11. The average molecular weight is 312 g/mol. The smallest absolute Gasteiger partial charge is 0.265 e. The summed E-state index contributed by atoms with van der Waals surface area (Å²) in [7, 11) is 0. The molecule has 0 unspecified atom stereocenters. The van der Waals surface area contributed by atoms with Gasteiger partial charge in [0.15, 0.2) is 0 Å². The van der Waals surface area contributed by atoms with Gasteiger partial charge in [0.2, 0.25) is 0 Å². The van der Waals surface area contributed by atoms with E-state index in [1.54, 1.807) is 12.1 Å². The number of carbonyl (C=O) groups excluding carboxylic acids is 1. The Morgan fingerprint density at radius 1 is 1.04 bits per heavy atom. The molecule has 0 fully saturated rings. The number of carbonyl (C=O) groups is 1. The molecule has 0 spiro atoms. The zero-order valence-electron chi connectivity index (χ0n) is 13.6. The Morgan fingerprint density at radius 3 is 2.13 bits per heavy atom. The summed E-state index contributed by atoms with van der Waals surface area (Å²) in [5.41, 5.74) is 4.68. The molecule has 0 bridgehead atoms. The van der Waals surface area contributed by atoms with E-state index in [1.165, 1.54) is 0 Å². The quantitative estimate of drug-likeness (QED) is 0.773. The number of aliphatic hydroxyl groups excluding tert-OH is 1. The van der Waals surface area contributed by atoms with Gasteiger partial charge in [-0.15, -0.1) is 0 Å². The summed E-state index contributed by atoms with van der Waals surface area (Å²) in [6.07, 6.45) is 0.671. The lowest BCUT2D eigenvalue weighted by Gasteiger charge is -2.34. The first-order valence-electron chi connectivity index (χ1n) is 7.91. The highest BCUT2D eigenvalue weighted by Gasteiger charge is 2.23. The molecule has 1 amide bonds. The SMILES string of the molecule is CC(C)N(NC(=O)c1ccccc1)[C@H](CO)Cc1ccccc1. The van der Waals surface area contributed by atoms with Crippen LogP contribution in [0, 0.1) is 0 Å². The van der Waals surface area contributed by atoms with Crippen LogP contribution >= 0.6 is 0 Å². The van der Waals surface area contributed by atoms with Crippen molar-refractivity contribution < 1.29 is 9.90 Å². The maximum absolute atomic E-state index is 12.4. The summed E-state index contributed by atoms with van der Waals surface area (Å²) in [4.78, 5) is 12.4. The number of rotatable bonds is 7. The van der Waals surface area contributed by atoms with Gasteiger partial charge in [0.05, 0.1) is 12.6 Å². The van der Waals surface area contributed by atoms with Crippen molar-refractivity contribution in [2.45, 2.75) is 32.4 Å². The predicted octanol–water partition coefficient (Wildman–Crippen LogP) is 2.65. The van der Waals surface area contributed by atoms with E-state index in [0.29, 0.717) is 12.0 Å². The summed E-state index contributed by atoms with van der Waals surface area (Å²) in [5.74, 6) is -0.161. The summed E-state index contributed by atoms with van der Waals surface area (Å²) >= 11 is 0. The molecule has 2 N–H and O–H groups in total. The monoisotopic (exact) mass is 312 g/mol. The first kappa shape index (κ1) is 17.2. The van der Waals surface area contributed by atoms with Crippen LogP contribution in [0.15, 0.2) is 60.7 Å². The highest BCUT2D eigenvalue weighted by atomic mass is 16.3. The molecule has 0 saturated carbocycles. The Bertz CT molecular complexity index is 599. The first-order valence-corrected chi connectivity index (χ1v) is 7.91. The third-order valence-electron chi connectivity index (χ3n) is 3.74. The zero-order valence-corrected chi connectivity index (χ0v) is 13.6. The number of hydrogen-bond donors (Lipinski definition) is 2. The van der Waals surface area contributed by atoms with Gasteiger partial charge in [-0.3, -0.25) is 10.2 Å². The zero-order chi connectivity index (χ0) is 16.7. The van der Waals surface area contributed by atoms with E-state index in [-0.39, 0.29) is 24.6 Å². The van der Waals surface area contributed by atoms with Gasteiger partial charge in [-0.2, -0.15) is 0 Å². The first-order chi connectivity index (χ1) is 11.1. The summed E-state index contributed by atoms with van der Waals surface area (Å²) in [6.45, 7) is 3.97. The van der Waals surface area contributed by atoms with Crippen LogP contribution < -0.4 is 5.43 Å². The van der Waals surface area contributed by atoms with Crippen molar-refractivity contribution in [3.05, 3.63) is 71.8 Å². The van der Waals surface area contributed by atoms with Gasteiger partial charge in [0, 0.05) is 11.6 Å². The van der Waals surface area contributed by atoms with E-state index in [4.69, 9.17) is 0 Å². The van der Waals surface area contributed by atoms with E-state index < -0.39 is 0 Å². The van der Waals surface area contributed by atoms with Crippen molar-refractivity contribution in [2.75, 3.05) is 6.61 Å². The van der Waals surface area contributed by atoms with Gasteiger partial charge >= 0.3 is 0 Å². The van der Waals surface area contributed by atoms with Crippen molar-refractivity contribution in [3.63, 3.8) is 0 Å². The third kappa shape index (κ3) is 4.91. The van der Waals surface area contributed by atoms with Crippen LogP contribution in [0.2, 0.25) is 0 Å². The fraction of sp³-hybridized carbons (Fsp3) is 0.316. The van der Waals surface area contributed by atoms with Gasteiger partial charge in [0.25, 0.3) is 5.91 Å². The minimum Gasteiger partial charge on any atom is -0.395 e. The molecule has 23 heavy (non-hydrogen) atoms. The Morgan fingerprint density at radius 2 is 1.61 bits per heavy atom. The maximum Gasteiger partial charge on any atom is 0.265 e. The predicted molar refractivity (Wildman–Crippen MR) is 91.9 cm³/mol. The largest absolute Gasteiger partial charge is 0.395 e. The standard InChI is InChI=1S/C19H24N2O2/c1-15(2)21(20-19(23)17-11-7-4-8-12-17)18(14-22)13-16-9-5-3-6-10-16/h3-12,15,18,22H,13-14H2,1-2H3,(H,20,23)/t18-/m0/s1.